The van der Waals surface area contributed by atoms with Crippen LogP contribution >= 0.6 is 11.8 Å². The molecule has 18 heavy (non-hydrogen) atoms. The maximum atomic E-state index is 13.1. The maximum absolute atomic E-state index is 13.1. The molecular formula is C15H22FNS. The molecule has 0 amide bonds. The van der Waals surface area contributed by atoms with Gasteiger partial charge in [-0.3, -0.25) is 0 Å². The topological polar surface area (TPSA) is 12.0 Å². The molecule has 0 aromatic heterocycles. The molecule has 1 atom stereocenters. The third kappa shape index (κ3) is 6.22. The molecular weight excluding hydrogens is 245 g/mol. The maximum Gasteiger partial charge on any atom is 0.124 e. The molecule has 1 aromatic rings. The van der Waals surface area contributed by atoms with E-state index in [1.807, 2.05) is 6.07 Å². The van der Waals surface area contributed by atoms with Crippen molar-refractivity contribution in [3.05, 3.63) is 41.7 Å². The lowest BCUT2D eigenvalue weighted by Crippen LogP contribution is -2.30. The Morgan fingerprint density at radius 2 is 2.22 bits per heavy atom. The lowest BCUT2D eigenvalue weighted by Gasteiger charge is -2.15. The standard InChI is InChI=1S/C15H22FNS/c1-4-8-17-14(9-12(2)3)11-18-15-7-5-6-13(16)10-15/h5-7,9-10,14,17H,4,8,11H2,1-3H3. The summed E-state index contributed by atoms with van der Waals surface area (Å²) in [5, 5.41) is 3.49. The second kappa shape index (κ2) is 8.33. The Bertz CT molecular complexity index is 386. The number of hydrogen-bond donors (Lipinski definition) is 1. The summed E-state index contributed by atoms with van der Waals surface area (Å²) in [5.41, 5.74) is 1.31. The average Bonchev–Trinajstić information content (AvgIpc) is 2.32. The van der Waals surface area contributed by atoms with E-state index in [-0.39, 0.29) is 5.82 Å². The molecule has 0 spiro atoms. The summed E-state index contributed by atoms with van der Waals surface area (Å²) in [6.07, 6.45) is 3.36. The molecule has 0 aliphatic rings. The van der Waals surface area contributed by atoms with Crippen molar-refractivity contribution in [3.8, 4) is 0 Å². The Morgan fingerprint density at radius 1 is 1.44 bits per heavy atom. The van der Waals surface area contributed by atoms with Crippen LogP contribution in [0.3, 0.4) is 0 Å². The van der Waals surface area contributed by atoms with Crippen LogP contribution in [0.5, 0.6) is 0 Å². The van der Waals surface area contributed by atoms with Crippen molar-refractivity contribution in [2.24, 2.45) is 0 Å². The van der Waals surface area contributed by atoms with Gasteiger partial charge >= 0.3 is 0 Å². The van der Waals surface area contributed by atoms with E-state index < -0.39 is 0 Å². The van der Waals surface area contributed by atoms with Gasteiger partial charge < -0.3 is 5.32 Å². The fourth-order valence-electron chi connectivity index (χ4n) is 1.64. The van der Waals surface area contributed by atoms with E-state index in [0.29, 0.717) is 6.04 Å². The highest BCUT2D eigenvalue weighted by Crippen LogP contribution is 2.20. The van der Waals surface area contributed by atoms with Gasteiger partial charge in [-0.2, -0.15) is 0 Å². The van der Waals surface area contributed by atoms with E-state index in [1.165, 1.54) is 11.6 Å². The van der Waals surface area contributed by atoms with Gasteiger partial charge in [0, 0.05) is 16.7 Å². The predicted octanol–water partition coefficient (Wildman–Crippen LogP) is 4.25. The van der Waals surface area contributed by atoms with Crippen molar-refractivity contribution in [1.82, 2.24) is 5.32 Å². The molecule has 100 valence electrons. The number of halogens is 1. The van der Waals surface area contributed by atoms with Crippen LogP contribution in [0.25, 0.3) is 0 Å². The number of nitrogens with one attached hydrogen (secondary N) is 1. The van der Waals surface area contributed by atoms with Crippen molar-refractivity contribution < 1.29 is 4.39 Å². The van der Waals surface area contributed by atoms with E-state index >= 15 is 0 Å². The zero-order chi connectivity index (χ0) is 13.4. The molecule has 0 bridgehead atoms. The molecule has 0 radical (unpaired) electrons. The fourth-order valence-corrected chi connectivity index (χ4v) is 2.60. The minimum Gasteiger partial charge on any atom is -0.310 e. The highest BCUT2D eigenvalue weighted by atomic mass is 32.2. The van der Waals surface area contributed by atoms with Gasteiger partial charge in [-0.25, -0.2) is 4.39 Å². The van der Waals surface area contributed by atoms with Crippen molar-refractivity contribution in [3.63, 3.8) is 0 Å². The lowest BCUT2D eigenvalue weighted by molar-refractivity contribution is 0.622. The molecule has 1 aromatic carbocycles. The monoisotopic (exact) mass is 267 g/mol. The molecule has 0 heterocycles. The van der Waals surface area contributed by atoms with Gasteiger partial charge in [0.25, 0.3) is 0 Å². The van der Waals surface area contributed by atoms with Gasteiger partial charge in [0.15, 0.2) is 0 Å². The van der Waals surface area contributed by atoms with E-state index in [4.69, 9.17) is 0 Å². The normalized spacial score (nSPS) is 12.2. The summed E-state index contributed by atoms with van der Waals surface area (Å²) in [7, 11) is 0. The van der Waals surface area contributed by atoms with Crippen LogP contribution in [0.2, 0.25) is 0 Å². The summed E-state index contributed by atoms with van der Waals surface area (Å²) in [6.45, 7) is 7.38. The Labute approximate surface area is 114 Å². The zero-order valence-electron chi connectivity index (χ0n) is 11.4. The minimum atomic E-state index is -0.166. The highest BCUT2D eigenvalue weighted by Gasteiger charge is 2.05. The third-order valence-corrected chi connectivity index (χ3v) is 3.53. The van der Waals surface area contributed by atoms with Crippen LogP contribution in [-0.2, 0) is 0 Å². The van der Waals surface area contributed by atoms with Crippen LogP contribution in [0.1, 0.15) is 27.2 Å². The van der Waals surface area contributed by atoms with Gasteiger partial charge in [-0.15, -0.1) is 11.8 Å². The first-order valence-corrected chi connectivity index (χ1v) is 7.37. The highest BCUT2D eigenvalue weighted by molar-refractivity contribution is 7.99. The van der Waals surface area contributed by atoms with E-state index in [9.17, 15) is 4.39 Å². The van der Waals surface area contributed by atoms with Gasteiger partial charge in [0.1, 0.15) is 5.82 Å². The smallest absolute Gasteiger partial charge is 0.124 e. The zero-order valence-corrected chi connectivity index (χ0v) is 12.2. The fraction of sp³-hybridized carbons (Fsp3) is 0.467. The SMILES string of the molecule is CCCNC(C=C(C)C)CSc1cccc(F)c1. The first kappa shape index (κ1) is 15.3. The van der Waals surface area contributed by atoms with Crippen LogP contribution in [0.15, 0.2) is 40.8 Å². The quantitative estimate of drug-likeness (QED) is 0.585. The first-order valence-electron chi connectivity index (χ1n) is 6.38. The molecule has 1 nitrogen and oxygen atoms in total. The second-order valence-corrected chi connectivity index (χ2v) is 5.67. The molecule has 3 heteroatoms. The minimum absolute atomic E-state index is 0.166. The third-order valence-electron chi connectivity index (χ3n) is 2.42. The number of rotatable bonds is 7. The van der Waals surface area contributed by atoms with Crippen molar-refractivity contribution in [2.75, 3.05) is 12.3 Å². The molecule has 1 unspecified atom stereocenters. The average molecular weight is 267 g/mol. The van der Waals surface area contributed by atoms with E-state index in [2.05, 4.69) is 32.2 Å². The van der Waals surface area contributed by atoms with Crippen LogP contribution in [0, 0.1) is 5.82 Å². The van der Waals surface area contributed by atoms with Crippen LogP contribution in [-0.4, -0.2) is 18.3 Å². The van der Waals surface area contributed by atoms with Gasteiger partial charge in [0.05, 0.1) is 0 Å². The number of hydrogen-bond acceptors (Lipinski definition) is 2. The van der Waals surface area contributed by atoms with Gasteiger partial charge in [0.2, 0.25) is 0 Å². The number of allylic oxidation sites excluding steroid dienone is 1. The lowest BCUT2D eigenvalue weighted by atomic mass is 10.2. The summed E-state index contributed by atoms with van der Waals surface area (Å²) in [5.74, 6) is 0.759. The molecule has 0 saturated heterocycles. The summed E-state index contributed by atoms with van der Waals surface area (Å²) < 4.78 is 13.1. The Kier molecular flexibility index (Phi) is 7.06. The molecule has 0 aliphatic carbocycles. The number of benzene rings is 1. The van der Waals surface area contributed by atoms with E-state index in [1.54, 1.807) is 23.9 Å². The van der Waals surface area contributed by atoms with E-state index in [0.717, 1.165) is 23.6 Å². The Morgan fingerprint density at radius 3 is 2.83 bits per heavy atom. The first-order chi connectivity index (χ1) is 8.61. The summed E-state index contributed by atoms with van der Waals surface area (Å²) in [4.78, 5) is 0.987. The molecule has 0 saturated carbocycles. The van der Waals surface area contributed by atoms with Crippen molar-refractivity contribution in [1.29, 1.82) is 0 Å². The predicted molar refractivity (Wildman–Crippen MR) is 78.6 cm³/mol. The Balaban J connectivity index is 2.53. The molecule has 1 N–H and O–H groups in total. The number of thioether (sulfide) groups is 1. The van der Waals surface area contributed by atoms with Crippen molar-refractivity contribution >= 4 is 11.8 Å². The van der Waals surface area contributed by atoms with Crippen molar-refractivity contribution in [2.45, 2.75) is 38.1 Å². The molecule has 1 rings (SSSR count). The van der Waals surface area contributed by atoms with Crippen LogP contribution in [0.4, 0.5) is 4.39 Å². The second-order valence-electron chi connectivity index (χ2n) is 4.57. The molecule has 0 fully saturated rings. The largest absolute Gasteiger partial charge is 0.310 e. The van der Waals surface area contributed by atoms with Crippen LogP contribution < -0.4 is 5.32 Å². The van der Waals surface area contributed by atoms with Gasteiger partial charge in [-0.05, 0) is 45.0 Å². The van der Waals surface area contributed by atoms with Gasteiger partial charge in [-0.1, -0.05) is 24.6 Å². The summed E-state index contributed by atoms with van der Waals surface area (Å²) >= 11 is 1.69. The Hall–Kier alpha value is -0.800. The molecule has 0 aliphatic heterocycles. The summed E-state index contributed by atoms with van der Waals surface area (Å²) in [6, 6.07) is 7.13.